The van der Waals surface area contributed by atoms with Gasteiger partial charge in [-0.25, -0.2) is 9.18 Å². The normalized spacial score (nSPS) is 10.6. The lowest BCUT2D eigenvalue weighted by molar-refractivity contribution is 0.0690. The quantitative estimate of drug-likeness (QED) is 0.909. The topological polar surface area (TPSA) is 81.1 Å². The Morgan fingerprint density at radius 2 is 2.28 bits per heavy atom. The van der Waals surface area contributed by atoms with Gasteiger partial charge in [0.15, 0.2) is 5.69 Å². The summed E-state index contributed by atoms with van der Waals surface area (Å²) in [6.07, 6.45) is 1.40. The van der Waals surface area contributed by atoms with Crippen LogP contribution >= 0.6 is 15.9 Å². The monoisotopic (exact) mass is 313 g/mol. The van der Waals surface area contributed by atoms with Gasteiger partial charge in [-0.05, 0) is 27.6 Å². The van der Waals surface area contributed by atoms with E-state index in [2.05, 4.69) is 21.0 Å². The average Bonchev–Trinajstić information content (AvgIpc) is 2.66. The number of carboxylic acid groups (broad SMARTS) is 1. The van der Waals surface area contributed by atoms with Crippen LogP contribution in [0.3, 0.4) is 0 Å². The van der Waals surface area contributed by atoms with Crippen molar-refractivity contribution in [3.05, 3.63) is 45.9 Å². The highest BCUT2D eigenvalue weighted by Crippen LogP contribution is 2.21. The standard InChI is InChI=1S/C11H9BrFN3O2/c12-9-6(2-1-3-7(9)13)4-16-5-8(14)10(15-16)11(17)18/h1-3,5H,4,14H2,(H,17,18). The average molecular weight is 314 g/mol. The van der Waals surface area contributed by atoms with Crippen LogP contribution in [0.2, 0.25) is 0 Å². The van der Waals surface area contributed by atoms with E-state index in [0.29, 0.717) is 10.0 Å². The van der Waals surface area contributed by atoms with Gasteiger partial charge in [0.25, 0.3) is 0 Å². The first-order chi connectivity index (χ1) is 8.49. The molecule has 0 spiro atoms. The second kappa shape index (κ2) is 4.77. The summed E-state index contributed by atoms with van der Waals surface area (Å²) in [5.74, 6) is -1.57. The first-order valence-corrected chi connectivity index (χ1v) is 5.77. The maximum absolute atomic E-state index is 13.3. The number of benzene rings is 1. The fraction of sp³-hybridized carbons (Fsp3) is 0.0909. The highest BCUT2D eigenvalue weighted by atomic mass is 79.9. The molecule has 0 aliphatic rings. The van der Waals surface area contributed by atoms with Gasteiger partial charge in [-0.15, -0.1) is 0 Å². The molecule has 0 aliphatic heterocycles. The number of nitrogens with zero attached hydrogens (tertiary/aromatic N) is 2. The van der Waals surface area contributed by atoms with E-state index in [0.717, 1.165) is 0 Å². The largest absolute Gasteiger partial charge is 0.476 e. The summed E-state index contributed by atoms with van der Waals surface area (Å²) in [6, 6.07) is 4.61. The van der Waals surface area contributed by atoms with Crippen molar-refractivity contribution >= 4 is 27.6 Å². The maximum atomic E-state index is 13.3. The molecule has 3 N–H and O–H groups in total. The van der Waals surface area contributed by atoms with Crippen LogP contribution in [0.25, 0.3) is 0 Å². The summed E-state index contributed by atoms with van der Waals surface area (Å²) < 4.78 is 15.0. The number of anilines is 1. The molecule has 1 heterocycles. The molecule has 0 aliphatic carbocycles. The molecule has 2 rings (SSSR count). The van der Waals surface area contributed by atoms with E-state index >= 15 is 0 Å². The lowest BCUT2D eigenvalue weighted by Gasteiger charge is -2.05. The number of rotatable bonds is 3. The minimum atomic E-state index is -1.19. The predicted molar refractivity (Wildman–Crippen MR) is 66.8 cm³/mol. The van der Waals surface area contributed by atoms with E-state index < -0.39 is 5.97 Å². The summed E-state index contributed by atoms with van der Waals surface area (Å²) >= 11 is 3.13. The van der Waals surface area contributed by atoms with Gasteiger partial charge < -0.3 is 10.8 Å². The van der Waals surface area contributed by atoms with Gasteiger partial charge in [-0.3, -0.25) is 4.68 Å². The summed E-state index contributed by atoms with van der Waals surface area (Å²) in [5.41, 5.74) is 6.03. The maximum Gasteiger partial charge on any atom is 0.358 e. The third-order valence-corrected chi connectivity index (χ3v) is 3.24. The number of halogens is 2. The molecule has 1 aromatic heterocycles. The Kier molecular flexibility index (Phi) is 3.33. The van der Waals surface area contributed by atoms with Crippen LogP contribution in [-0.2, 0) is 6.54 Å². The third kappa shape index (κ3) is 2.35. The molecule has 0 radical (unpaired) electrons. The van der Waals surface area contributed by atoms with Gasteiger partial charge in [0, 0.05) is 6.20 Å². The summed E-state index contributed by atoms with van der Waals surface area (Å²) in [5, 5.41) is 12.6. The van der Waals surface area contributed by atoms with Crippen molar-refractivity contribution in [1.29, 1.82) is 0 Å². The molecular formula is C11H9BrFN3O2. The third-order valence-electron chi connectivity index (χ3n) is 2.36. The zero-order chi connectivity index (χ0) is 13.3. The number of nitrogen functional groups attached to an aromatic ring is 1. The molecule has 0 bridgehead atoms. The van der Waals surface area contributed by atoms with Gasteiger partial charge in [0.1, 0.15) is 5.82 Å². The van der Waals surface area contributed by atoms with Crippen LogP contribution in [0.1, 0.15) is 16.1 Å². The number of hydrogen-bond donors (Lipinski definition) is 2. The Morgan fingerprint density at radius 1 is 1.56 bits per heavy atom. The molecule has 0 fully saturated rings. The number of carbonyl (C=O) groups is 1. The van der Waals surface area contributed by atoms with E-state index in [4.69, 9.17) is 10.8 Å². The first-order valence-electron chi connectivity index (χ1n) is 4.98. The molecule has 2 aromatic rings. The van der Waals surface area contributed by atoms with Crippen LogP contribution < -0.4 is 5.73 Å². The van der Waals surface area contributed by atoms with Gasteiger partial charge in [0.2, 0.25) is 0 Å². The van der Waals surface area contributed by atoms with Crippen molar-refractivity contribution in [1.82, 2.24) is 9.78 Å². The van der Waals surface area contributed by atoms with Crippen molar-refractivity contribution in [2.75, 3.05) is 5.73 Å². The molecule has 0 atom stereocenters. The van der Waals surface area contributed by atoms with Gasteiger partial charge >= 0.3 is 5.97 Å². The number of nitrogens with two attached hydrogens (primary N) is 1. The van der Waals surface area contributed by atoms with E-state index in [1.807, 2.05) is 0 Å². The zero-order valence-corrected chi connectivity index (χ0v) is 10.7. The number of hydrogen-bond acceptors (Lipinski definition) is 3. The van der Waals surface area contributed by atoms with E-state index in [1.54, 1.807) is 12.1 Å². The predicted octanol–water partition coefficient (Wildman–Crippen LogP) is 2.11. The molecule has 5 nitrogen and oxygen atoms in total. The Labute approximate surface area is 110 Å². The van der Waals surface area contributed by atoms with Gasteiger partial charge in [-0.1, -0.05) is 12.1 Å². The number of carboxylic acids is 1. The first kappa shape index (κ1) is 12.6. The molecule has 0 amide bonds. The minimum absolute atomic E-state index is 0.0787. The van der Waals surface area contributed by atoms with Crippen molar-refractivity contribution in [3.63, 3.8) is 0 Å². The molecule has 0 saturated heterocycles. The molecule has 0 saturated carbocycles. The van der Waals surface area contributed by atoms with Crippen LogP contribution in [-0.4, -0.2) is 20.9 Å². The minimum Gasteiger partial charge on any atom is -0.476 e. The van der Waals surface area contributed by atoms with Crippen molar-refractivity contribution in [2.24, 2.45) is 0 Å². The second-order valence-corrected chi connectivity index (χ2v) is 4.44. The Morgan fingerprint density at radius 3 is 2.89 bits per heavy atom. The van der Waals surface area contributed by atoms with Crippen molar-refractivity contribution < 1.29 is 14.3 Å². The lowest BCUT2D eigenvalue weighted by atomic mass is 10.2. The van der Waals surface area contributed by atoms with E-state index in [1.165, 1.54) is 16.9 Å². The highest BCUT2D eigenvalue weighted by molar-refractivity contribution is 9.10. The Hall–Kier alpha value is -1.89. The zero-order valence-electron chi connectivity index (χ0n) is 9.10. The number of aromatic carboxylic acids is 1. The molecule has 7 heteroatoms. The summed E-state index contributed by atoms with van der Waals surface area (Å²) in [4.78, 5) is 10.8. The van der Waals surface area contributed by atoms with Gasteiger partial charge in [-0.2, -0.15) is 5.10 Å². The van der Waals surface area contributed by atoms with Crippen LogP contribution in [0.4, 0.5) is 10.1 Å². The van der Waals surface area contributed by atoms with Crippen LogP contribution in [0.5, 0.6) is 0 Å². The molecule has 1 aromatic carbocycles. The molecule has 94 valence electrons. The second-order valence-electron chi connectivity index (χ2n) is 3.65. The van der Waals surface area contributed by atoms with Crippen LogP contribution in [0, 0.1) is 5.82 Å². The van der Waals surface area contributed by atoms with E-state index in [9.17, 15) is 9.18 Å². The van der Waals surface area contributed by atoms with Crippen LogP contribution in [0.15, 0.2) is 28.9 Å². The smallest absolute Gasteiger partial charge is 0.358 e. The summed E-state index contributed by atoms with van der Waals surface area (Å²) in [6.45, 7) is 0.232. The lowest BCUT2D eigenvalue weighted by Crippen LogP contribution is -2.05. The van der Waals surface area contributed by atoms with Crippen molar-refractivity contribution in [3.8, 4) is 0 Å². The summed E-state index contributed by atoms with van der Waals surface area (Å²) in [7, 11) is 0. The Balaban J connectivity index is 2.32. The molecular weight excluding hydrogens is 305 g/mol. The van der Waals surface area contributed by atoms with Crippen molar-refractivity contribution in [2.45, 2.75) is 6.54 Å². The fourth-order valence-corrected chi connectivity index (χ4v) is 1.92. The Bertz CT molecular complexity index is 612. The van der Waals surface area contributed by atoms with E-state index in [-0.39, 0.29) is 23.7 Å². The molecule has 18 heavy (non-hydrogen) atoms. The fourth-order valence-electron chi connectivity index (χ4n) is 1.53. The number of aromatic nitrogens is 2. The molecule has 0 unspecified atom stereocenters. The highest BCUT2D eigenvalue weighted by Gasteiger charge is 2.14. The van der Waals surface area contributed by atoms with Gasteiger partial charge in [0.05, 0.1) is 16.7 Å². The SMILES string of the molecule is Nc1cn(Cc2cccc(F)c2Br)nc1C(=O)O.